The molecule has 6 heteroatoms. The lowest BCUT2D eigenvalue weighted by atomic mass is 10.1. The van der Waals surface area contributed by atoms with Gasteiger partial charge in [0.15, 0.2) is 5.75 Å². The molecule has 0 saturated carbocycles. The van der Waals surface area contributed by atoms with Crippen LogP contribution in [0.2, 0.25) is 0 Å². The van der Waals surface area contributed by atoms with Crippen molar-refractivity contribution in [2.75, 3.05) is 7.11 Å². The van der Waals surface area contributed by atoms with Crippen LogP contribution in [0, 0.1) is 6.92 Å². The number of ether oxygens (including phenoxy) is 1. The minimum Gasteiger partial charge on any atom is -0.493 e. The molecule has 1 atom stereocenters. The van der Waals surface area contributed by atoms with Gasteiger partial charge in [0.2, 0.25) is 0 Å². The SMILES string of the molecule is COc1cnn(C)c1C(N)Cc1csc(C)n1. The molecule has 2 N–H and O–H groups in total. The topological polar surface area (TPSA) is 66.0 Å². The summed E-state index contributed by atoms with van der Waals surface area (Å²) < 4.78 is 7.00. The summed E-state index contributed by atoms with van der Waals surface area (Å²) in [6.45, 7) is 1.99. The van der Waals surface area contributed by atoms with E-state index in [1.807, 2.05) is 19.4 Å². The van der Waals surface area contributed by atoms with Crippen molar-refractivity contribution in [3.05, 3.63) is 28.0 Å². The lowest BCUT2D eigenvalue weighted by Gasteiger charge is -2.12. The van der Waals surface area contributed by atoms with Crippen LogP contribution in [0.3, 0.4) is 0 Å². The summed E-state index contributed by atoms with van der Waals surface area (Å²) in [7, 11) is 3.49. The Morgan fingerprint density at radius 1 is 1.59 bits per heavy atom. The third-order valence-corrected chi connectivity index (χ3v) is 3.44. The molecule has 0 aliphatic carbocycles. The molecular formula is C11H16N4OS. The van der Waals surface area contributed by atoms with Gasteiger partial charge in [-0.1, -0.05) is 0 Å². The predicted octanol–water partition coefficient (Wildman–Crippen LogP) is 1.44. The maximum Gasteiger partial charge on any atom is 0.161 e. The number of aryl methyl sites for hydroxylation is 2. The number of thiazole rings is 1. The Bertz CT molecular complexity index is 505. The highest BCUT2D eigenvalue weighted by atomic mass is 32.1. The fourth-order valence-electron chi connectivity index (χ4n) is 1.83. The average Bonchev–Trinajstić information content (AvgIpc) is 2.84. The molecule has 17 heavy (non-hydrogen) atoms. The van der Waals surface area contributed by atoms with E-state index in [9.17, 15) is 0 Å². The zero-order valence-electron chi connectivity index (χ0n) is 10.2. The fourth-order valence-corrected chi connectivity index (χ4v) is 2.46. The van der Waals surface area contributed by atoms with E-state index in [0.717, 1.165) is 22.1 Å². The van der Waals surface area contributed by atoms with Gasteiger partial charge >= 0.3 is 0 Å². The first-order valence-corrected chi connectivity index (χ1v) is 6.22. The van der Waals surface area contributed by atoms with Crippen molar-refractivity contribution < 1.29 is 4.74 Å². The molecule has 2 heterocycles. The first-order valence-electron chi connectivity index (χ1n) is 5.34. The third kappa shape index (κ3) is 2.48. The van der Waals surface area contributed by atoms with Crippen LogP contribution in [-0.4, -0.2) is 21.9 Å². The molecule has 0 amide bonds. The summed E-state index contributed by atoms with van der Waals surface area (Å²) in [5, 5.41) is 7.25. The maximum atomic E-state index is 6.18. The van der Waals surface area contributed by atoms with Gasteiger partial charge in [-0.2, -0.15) is 5.10 Å². The van der Waals surface area contributed by atoms with Crippen LogP contribution in [0.25, 0.3) is 0 Å². The quantitative estimate of drug-likeness (QED) is 0.894. The van der Waals surface area contributed by atoms with Crippen LogP contribution in [0.4, 0.5) is 0 Å². The molecule has 1 unspecified atom stereocenters. The van der Waals surface area contributed by atoms with E-state index in [4.69, 9.17) is 10.5 Å². The van der Waals surface area contributed by atoms with E-state index in [1.165, 1.54) is 0 Å². The van der Waals surface area contributed by atoms with E-state index in [0.29, 0.717) is 6.42 Å². The minimum absolute atomic E-state index is 0.154. The Hall–Kier alpha value is -1.40. The number of methoxy groups -OCH3 is 1. The molecule has 0 spiro atoms. The van der Waals surface area contributed by atoms with Gasteiger partial charge in [-0.15, -0.1) is 11.3 Å². The molecule has 5 nitrogen and oxygen atoms in total. The van der Waals surface area contributed by atoms with Gasteiger partial charge in [0.1, 0.15) is 0 Å². The van der Waals surface area contributed by atoms with E-state index in [1.54, 1.807) is 29.3 Å². The molecule has 0 aromatic carbocycles. The van der Waals surface area contributed by atoms with E-state index in [2.05, 4.69) is 10.1 Å². The van der Waals surface area contributed by atoms with Gasteiger partial charge in [0, 0.05) is 18.8 Å². The summed E-state index contributed by atoms with van der Waals surface area (Å²) in [6.07, 6.45) is 2.38. The molecule has 2 aromatic heterocycles. The molecule has 0 radical (unpaired) electrons. The van der Waals surface area contributed by atoms with Crippen LogP contribution in [0.5, 0.6) is 5.75 Å². The maximum absolute atomic E-state index is 6.18. The van der Waals surface area contributed by atoms with Crippen molar-refractivity contribution in [2.24, 2.45) is 12.8 Å². The van der Waals surface area contributed by atoms with E-state index >= 15 is 0 Å². The van der Waals surface area contributed by atoms with Crippen molar-refractivity contribution in [3.8, 4) is 5.75 Å². The highest BCUT2D eigenvalue weighted by Crippen LogP contribution is 2.25. The fraction of sp³-hybridized carbons (Fsp3) is 0.455. The molecular weight excluding hydrogens is 236 g/mol. The molecule has 0 aliphatic rings. The monoisotopic (exact) mass is 252 g/mol. The van der Waals surface area contributed by atoms with Crippen LogP contribution in [0.15, 0.2) is 11.6 Å². The smallest absolute Gasteiger partial charge is 0.161 e. The van der Waals surface area contributed by atoms with Crippen LogP contribution < -0.4 is 10.5 Å². The highest BCUT2D eigenvalue weighted by Gasteiger charge is 2.18. The zero-order valence-corrected chi connectivity index (χ0v) is 11.0. The molecule has 0 fully saturated rings. The normalized spacial score (nSPS) is 12.7. The zero-order chi connectivity index (χ0) is 12.4. The Labute approximate surface area is 104 Å². The molecule has 92 valence electrons. The second-order valence-electron chi connectivity index (χ2n) is 3.89. The lowest BCUT2D eigenvalue weighted by Crippen LogP contribution is -2.18. The number of aromatic nitrogens is 3. The summed E-state index contributed by atoms with van der Waals surface area (Å²) in [4.78, 5) is 4.41. The average molecular weight is 252 g/mol. The Morgan fingerprint density at radius 3 is 2.94 bits per heavy atom. The standard InChI is InChI=1S/C11H16N4OS/c1-7-14-8(6-17-7)4-9(12)11-10(16-3)5-13-15(11)2/h5-6,9H,4,12H2,1-3H3. The number of nitrogens with two attached hydrogens (primary N) is 1. The summed E-state index contributed by atoms with van der Waals surface area (Å²) in [6, 6.07) is -0.154. The number of hydrogen-bond acceptors (Lipinski definition) is 5. The van der Waals surface area contributed by atoms with E-state index < -0.39 is 0 Å². The van der Waals surface area contributed by atoms with Gasteiger partial charge in [-0.05, 0) is 6.92 Å². The first-order chi connectivity index (χ1) is 8.11. The largest absolute Gasteiger partial charge is 0.493 e. The van der Waals surface area contributed by atoms with E-state index in [-0.39, 0.29) is 6.04 Å². The van der Waals surface area contributed by atoms with Crippen molar-refractivity contribution in [1.82, 2.24) is 14.8 Å². The van der Waals surface area contributed by atoms with Crippen molar-refractivity contribution in [2.45, 2.75) is 19.4 Å². The summed E-state index contributed by atoms with van der Waals surface area (Å²) in [5.41, 5.74) is 8.10. The van der Waals surface area contributed by atoms with Crippen LogP contribution in [0.1, 0.15) is 22.4 Å². The number of hydrogen-bond donors (Lipinski definition) is 1. The van der Waals surface area contributed by atoms with Gasteiger partial charge < -0.3 is 10.5 Å². The van der Waals surface area contributed by atoms with Crippen LogP contribution in [-0.2, 0) is 13.5 Å². The highest BCUT2D eigenvalue weighted by molar-refractivity contribution is 7.09. The lowest BCUT2D eigenvalue weighted by molar-refractivity contribution is 0.402. The second kappa shape index (κ2) is 4.85. The Kier molecular flexibility index (Phi) is 3.44. The van der Waals surface area contributed by atoms with Crippen molar-refractivity contribution in [1.29, 1.82) is 0 Å². The number of nitrogens with zero attached hydrogens (tertiary/aromatic N) is 3. The van der Waals surface area contributed by atoms with Gasteiger partial charge in [-0.3, -0.25) is 4.68 Å². The third-order valence-electron chi connectivity index (χ3n) is 2.62. The second-order valence-corrected chi connectivity index (χ2v) is 4.95. The molecule has 0 bridgehead atoms. The van der Waals surface area contributed by atoms with Crippen LogP contribution >= 0.6 is 11.3 Å². The van der Waals surface area contributed by atoms with Crippen molar-refractivity contribution >= 4 is 11.3 Å². The minimum atomic E-state index is -0.154. The van der Waals surface area contributed by atoms with Gasteiger partial charge in [0.05, 0.1) is 35.7 Å². The Morgan fingerprint density at radius 2 is 2.35 bits per heavy atom. The number of rotatable bonds is 4. The molecule has 2 rings (SSSR count). The molecule has 0 aliphatic heterocycles. The van der Waals surface area contributed by atoms with Gasteiger partial charge in [0.25, 0.3) is 0 Å². The summed E-state index contributed by atoms with van der Waals surface area (Å²) in [5.74, 6) is 0.729. The molecule has 0 saturated heterocycles. The predicted molar refractivity (Wildman–Crippen MR) is 67.2 cm³/mol. The van der Waals surface area contributed by atoms with Gasteiger partial charge in [-0.25, -0.2) is 4.98 Å². The Balaban J connectivity index is 2.19. The molecule has 2 aromatic rings. The first kappa shape index (κ1) is 12.1. The van der Waals surface area contributed by atoms with Crippen molar-refractivity contribution in [3.63, 3.8) is 0 Å². The summed E-state index contributed by atoms with van der Waals surface area (Å²) >= 11 is 1.64.